The van der Waals surface area contributed by atoms with E-state index in [1.54, 1.807) is 32.4 Å². The molecule has 0 N–H and O–H groups in total. The Morgan fingerprint density at radius 1 is 1.22 bits per heavy atom. The van der Waals surface area contributed by atoms with Crippen LogP contribution in [0.25, 0.3) is 11.6 Å². The fourth-order valence-corrected chi connectivity index (χ4v) is 5.49. The maximum absolute atomic E-state index is 13.5. The first-order valence-electron chi connectivity index (χ1n) is 10.4. The molecule has 5 rings (SSSR count). The zero-order chi connectivity index (χ0) is 22.2. The summed E-state index contributed by atoms with van der Waals surface area (Å²) in [4.78, 5) is 33.9. The number of methoxy groups -OCH3 is 1. The summed E-state index contributed by atoms with van der Waals surface area (Å²) in [5.74, 6) is 1.63. The van der Waals surface area contributed by atoms with E-state index in [0.717, 1.165) is 11.3 Å². The summed E-state index contributed by atoms with van der Waals surface area (Å²) in [5.41, 5.74) is 0.989. The number of aromatic nitrogens is 3. The standard InChI is InChI=1S/C22H23N5O4S/c1-14(28)25-8-10-26(11-9-25)18(15-5-3-6-16(13-15)30-2)19-21(29)27-22(32-19)23-20(24-27)17-7-4-12-31-17/h3-7,12-13,18-19H,8-11H2,1-2H3. The lowest BCUT2D eigenvalue weighted by molar-refractivity contribution is -0.130. The van der Waals surface area contributed by atoms with Crippen molar-refractivity contribution in [3.8, 4) is 17.3 Å². The van der Waals surface area contributed by atoms with Crippen LogP contribution < -0.4 is 4.74 Å². The van der Waals surface area contributed by atoms with Crippen LogP contribution in [0, 0.1) is 0 Å². The molecule has 2 aliphatic rings. The van der Waals surface area contributed by atoms with Gasteiger partial charge in [0.1, 0.15) is 11.0 Å². The Bertz CT molecular complexity index is 1140. The molecule has 1 amide bonds. The number of carbonyl (C=O) groups is 2. The molecule has 0 saturated carbocycles. The summed E-state index contributed by atoms with van der Waals surface area (Å²) < 4.78 is 12.2. The lowest BCUT2D eigenvalue weighted by Gasteiger charge is -2.40. The lowest BCUT2D eigenvalue weighted by atomic mass is 9.99. The van der Waals surface area contributed by atoms with Gasteiger partial charge < -0.3 is 14.1 Å². The van der Waals surface area contributed by atoms with Gasteiger partial charge in [-0.25, -0.2) is 0 Å². The van der Waals surface area contributed by atoms with E-state index < -0.39 is 5.25 Å². The van der Waals surface area contributed by atoms with Crippen LogP contribution in [0.2, 0.25) is 0 Å². The van der Waals surface area contributed by atoms with E-state index in [1.807, 2.05) is 29.2 Å². The molecule has 0 bridgehead atoms. The van der Waals surface area contributed by atoms with Gasteiger partial charge in [-0.1, -0.05) is 23.9 Å². The van der Waals surface area contributed by atoms with Crippen molar-refractivity contribution in [3.05, 3.63) is 48.2 Å². The predicted molar refractivity (Wildman–Crippen MR) is 118 cm³/mol. The second kappa shape index (κ2) is 8.44. The van der Waals surface area contributed by atoms with Crippen LogP contribution in [0.4, 0.5) is 0 Å². The van der Waals surface area contributed by atoms with Crippen molar-refractivity contribution in [2.24, 2.45) is 0 Å². The van der Waals surface area contributed by atoms with E-state index in [1.165, 1.54) is 16.4 Å². The Labute approximate surface area is 189 Å². The first-order valence-corrected chi connectivity index (χ1v) is 11.3. The Morgan fingerprint density at radius 3 is 2.69 bits per heavy atom. The molecular formula is C22H23N5O4S. The van der Waals surface area contributed by atoms with Gasteiger partial charge >= 0.3 is 0 Å². The van der Waals surface area contributed by atoms with Gasteiger partial charge in [0, 0.05) is 33.1 Å². The topological polar surface area (TPSA) is 93.7 Å². The van der Waals surface area contributed by atoms with E-state index in [2.05, 4.69) is 15.0 Å². The number of hydrogen-bond acceptors (Lipinski definition) is 8. The highest BCUT2D eigenvalue weighted by molar-refractivity contribution is 8.00. The summed E-state index contributed by atoms with van der Waals surface area (Å²) in [6.07, 6.45) is 1.55. The van der Waals surface area contributed by atoms with Crippen molar-refractivity contribution in [3.63, 3.8) is 0 Å². The van der Waals surface area contributed by atoms with Crippen LogP contribution in [0.15, 0.2) is 52.2 Å². The lowest BCUT2D eigenvalue weighted by Crippen LogP contribution is -2.51. The van der Waals surface area contributed by atoms with Gasteiger partial charge in [0.25, 0.3) is 5.91 Å². The zero-order valence-corrected chi connectivity index (χ0v) is 18.6. The summed E-state index contributed by atoms with van der Waals surface area (Å²) in [7, 11) is 1.63. The molecule has 3 aromatic rings. The van der Waals surface area contributed by atoms with Crippen molar-refractivity contribution >= 4 is 23.6 Å². The van der Waals surface area contributed by atoms with Crippen molar-refractivity contribution in [1.29, 1.82) is 0 Å². The van der Waals surface area contributed by atoms with Gasteiger partial charge in [-0.15, -0.1) is 5.10 Å². The number of nitrogens with zero attached hydrogens (tertiary/aromatic N) is 5. The third kappa shape index (κ3) is 3.69. The van der Waals surface area contributed by atoms with E-state index in [4.69, 9.17) is 9.15 Å². The Balaban J connectivity index is 1.45. The molecule has 1 fully saturated rings. The van der Waals surface area contributed by atoms with Gasteiger partial charge in [0.15, 0.2) is 10.9 Å². The quantitative estimate of drug-likeness (QED) is 0.582. The van der Waals surface area contributed by atoms with Crippen molar-refractivity contribution < 1.29 is 18.7 Å². The number of rotatable bonds is 5. The van der Waals surface area contributed by atoms with E-state index in [9.17, 15) is 9.59 Å². The average molecular weight is 454 g/mol. The maximum Gasteiger partial charge on any atom is 0.264 e. The summed E-state index contributed by atoms with van der Waals surface area (Å²) >= 11 is 1.41. The zero-order valence-electron chi connectivity index (χ0n) is 17.8. The maximum atomic E-state index is 13.5. The smallest absolute Gasteiger partial charge is 0.264 e. The highest BCUT2D eigenvalue weighted by Gasteiger charge is 2.44. The number of benzene rings is 1. The molecule has 2 aromatic heterocycles. The van der Waals surface area contributed by atoms with Gasteiger partial charge in [0.05, 0.1) is 19.4 Å². The average Bonchev–Trinajstić information content (AvgIpc) is 3.53. The Kier molecular flexibility index (Phi) is 5.48. The number of fused-ring (bicyclic) bond motifs is 1. The molecule has 4 heterocycles. The van der Waals surface area contributed by atoms with Crippen molar-refractivity contribution in [2.45, 2.75) is 23.4 Å². The van der Waals surface area contributed by atoms with Crippen LogP contribution in [0.3, 0.4) is 0 Å². The fraction of sp³-hybridized carbons (Fsp3) is 0.364. The largest absolute Gasteiger partial charge is 0.497 e. The van der Waals surface area contributed by atoms with E-state index >= 15 is 0 Å². The minimum Gasteiger partial charge on any atom is -0.497 e. The van der Waals surface area contributed by atoms with Crippen LogP contribution in [-0.4, -0.2) is 74.9 Å². The third-order valence-corrected chi connectivity index (χ3v) is 7.07. The number of hydrogen-bond donors (Lipinski definition) is 0. The minimum atomic E-state index is -0.411. The number of amides is 1. The molecule has 32 heavy (non-hydrogen) atoms. The van der Waals surface area contributed by atoms with E-state index in [0.29, 0.717) is 42.9 Å². The SMILES string of the molecule is COc1cccc(C(C2Sc3nc(-c4ccco4)nn3C2=O)N2CCN(C(C)=O)CC2)c1. The molecule has 9 nitrogen and oxygen atoms in total. The Morgan fingerprint density at radius 2 is 2.03 bits per heavy atom. The van der Waals surface area contributed by atoms with Crippen LogP contribution in [0.1, 0.15) is 23.3 Å². The summed E-state index contributed by atoms with van der Waals surface area (Å²) in [5, 5.41) is 4.55. The monoisotopic (exact) mass is 453 g/mol. The molecule has 0 spiro atoms. The van der Waals surface area contributed by atoms with Gasteiger partial charge in [-0.3, -0.25) is 14.5 Å². The Hall–Kier alpha value is -3.11. The molecule has 0 radical (unpaired) electrons. The highest BCUT2D eigenvalue weighted by atomic mass is 32.2. The molecule has 2 aliphatic heterocycles. The molecule has 166 valence electrons. The van der Waals surface area contributed by atoms with Crippen LogP contribution >= 0.6 is 11.8 Å². The van der Waals surface area contributed by atoms with Crippen LogP contribution in [0.5, 0.6) is 5.75 Å². The number of furan rings is 1. The molecule has 1 saturated heterocycles. The van der Waals surface area contributed by atoms with E-state index in [-0.39, 0.29) is 17.9 Å². The highest BCUT2D eigenvalue weighted by Crippen LogP contribution is 2.42. The molecular weight excluding hydrogens is 430 g/mol. The van der Waals surface area contributed by atoms with Crippen molar-refractivity contribution in [2.75, 3.05) is 33.3 Å². The molecule has 0 aliphatic carbocycles. The molecule has 1 aromatic carbocycles. The third-order valence-electron chi connectivity index (χ3n) is 5.88. The predicted octanol–water partition coefficient (Wildman–Crippen LogP) is 2.57. The summed E-state index contributed by atoms with van der Waals surface area (Å²) in [6.45, 7) is 4.21. The minimum absolute atomic E-state index is 0.0729. The van der Waals surface area contributed by atoms with Crippen LogP contribution in [-0.2, 0) is 4.79 Å². The number of carbonyl (C=O) groups excluding carboxylic acids is 2. The molecule has 2 unspecified atom stereocenters. The number of piperazine rings is 1. The second-order valence-electron chi connectivity index (χ2n) is 7.75. The van der Waals surface area contributed by atoms with Crippen molar-refractivity contribution in [1.82, 2.24) is 24.6 Å². The van der Waals surface area contributed by atoms with Gasteiger partial charge in [0.2, 0.25) is 11.7 Å². The second-order valence-corrected chi connectivity index (χ2v) is 8.86. The number of ether oxygens (including phenoxy) is 1. The normalized spacial score (nSPS) is 19.8. The first kappa shape index (κ1) is 20.8. The molecule has 2 atom stereocenters. The summed E-state index contributed by atoms with van der Waals surface area (Å²) in [6, 6.07) is 11.1. The van der Waals surface area contributed by atoms with Gasteiger partial charge in [-0.05, 0) is 29.8 Å². The fourth-order valence-electron chi connectivity index (χ4n) is 4.23. The molecule has 10 heteroatoms. The van der Waals surface area contributed by atoms with Gasteiger partial charge in [-0.2, -0.15) is 9.67 Å². The first-order chi connectivity index (χ1) is 15.5. The number of thioether (sulfide) groups is 1.